The summed E-state index contributed by atoms with van der Waals surface area (Å²) in [5.41, 5.74) is 7.36. The minimum atomic E-state index is -0.307. The molecule has 0 atom stereocenters. The summed E-state index contributed by atoms with van der Waals surface area (Å²) in [7, 11) is 0. The molecule has 0 amide bonds. The van der Waals surface area contributed by atoms with Crippen molar-refractivity contribution < 1.29 is 9.13 Å². The maximum atomic E-state index is 14.1. The number of ether oxygens (including phenoxy) is 1. The monoisotopic (exact) mass is 266 g/mol. The van der Waals surface area contributed by atoms with E-state index in [2.05, 4.69) is 4.90 Å². The van der Waals surface area contributed by atoms with E-state index < -0.39 is 0 Å². The largest absolute Gasteiger partial charge is 0.379 e. The number of nitrogens with zero attached hydrogens (tertiary/aromatic N) is 1. The minimum Gasteiger partial charge on any atom is -0.379 e. The predicted molar refractivity (Wildman–Crippen MR) is 74.5 cm³/mol. The Bertz CT molecular complexity index is 423. The van der Waals surface area contributed by atoms with Gasteiger partial charge in [0.2, 0.25) is 0 Å². The van der Waals surface area contributed by atoms with Gasteiger partial charge in [0.05, 0.1) is 13.2 Å². The molecule has 1 aliphatic rings. The molecule has 0 unspecified atom stereocenters. The molecule has 3 nitrogen and oxygen atoms in total. The average Bonchev–Trinajstić information content (AvgIpc) is 2.32. The maximum Gasteiger partial charge on any atom is 0.127 e. The van der Waals surface area contributed by atoms with Crippen molar-refractivity contribution in [3.05, 3.63) is 35.1 Å². The lowest BCUT2D eigenvalue weighted by molar-refractivity contribution is 0.0337. The third kappa shape index (κ3) is 4.56. The van der Waals surface area contributed by atoms with Gasteiger partial charge in [0.1, 0.15) is 5.82 Å². The molecule has 0 aliphatic carbocycles. The van der Waals surface area contributed by atoms with Crippen molar-refractivity contribution in [3.63, 3.8) is 0 Å². The molecule has 2 rings (SSSR count). The molecule has 0 spiro atoms. The van der Waals surface area contributed by atoms with E-state index in [-0.39, 0.29) is 11.4 Å². The summed E-state index contributed by atoms with van der Waals surface area (Å²) in [6.07, 6.45) is 0.682. The van der Waals surface area contributed by atoms with E-state index in [9.17, 15) is 4.39 Å². The fourth-order valence-corrected chi connectivity index (χ4v) is 2.36. The van der Waals surface area contributed by atoms with Crippen molar-refractivity contribution >= 4 is 0 Å². The van der Waals surface area contributed by atoms with Crippen LogP contribution in [0.1, 0.15) is 25.0 Å². The van der Waals surface area contributed by atoms with Gasteiger partial charge in [-0.3, -0.25) is 4.90 Å². The highest BCUT2D eigenvalue weighted by Gasteiger charge is 2.15. The van der Waals surface area contributed by atoms with E-state index in [1.807, 2.05) is 26.0 Å². The van der Waals surface area contributed by atoms with Crippen LogP contribution in [0.15, 0.2) is 18.2 Å². The smallest absolute Gasteiger partial charge is 0.127 e. The molecule has 0 saturated carbocycles. The van der Waals surface area contributed by atoms with Crippen molar-refractivity contribution in [1.29, 1.82) is 0 Å². The molecule has 1 saturated heterocycles. The first kappa shape index (κ1) is 14.4. The summed E-state index contributed by atoms with van der Waals surface area (Å²) < 4.78 is 19.4. The van der Waals surface area contributed by atoms with Gasteiger partial charge >= 0.3 is 0 Å². The van der Waals surface area contributed by atoms with Crippen LogP contribution in [0.2, 0.25) is 0 Å². The molecule has 19 heavy (non-hydrogen) atoms. The Hall–Kier alpha value is -0.970. The van der Waals surface area contributed by atoms with Gasteiger partial charge in [-0.25, -0.2) is 4.39 Å². The summed E-state index contributed by atoms with van der Waals surface area (Å²) in [4.78, 5) is 2.22. The lowest BCUT2D eigenvalue weighted by Gasteiger charge is -2.27. The van der Waals surface area contributed by atoms with Gasteiger partial charge in [0.15, 0.2) is 0 Å². The molecule has 0 bridgehead atoms. The molecule has 1 aliphatic heterocycles. The Kier molecular flexibility index (Phi) is 4.55. The molecule has 0 radical (unpaired) electrons. The van der Waals surface area contributed by atoms with E-state index in [4.69, 9.17) is 10.5 Å². The van der Waals surface area contributed by atoms with Crippen LogP contribution in [0.5, 0.6) is 0 Å². The molecule has 1 aromatic carbocycles. The van der Waals surface area contributed by atoms with Gasteiger partial charge in [0, 0.05) is 30.7 Å². The third-order valence-corrected chi connectivity index (χ3v) is 3.27. The highest BCUT2D eigenvalue weighted by Crippen LogP contribution is 2.17. The number of hydrogen-bond acceptors (Lipinski definition) is 3. The minimum absolute atomic E-state index is 0.131. The second kappa shape index (κ2) is 5.99. The van der Waals surface area contributed by atoms with E-state index in [0.717, 1.165) is 37.4 Å². The van der Waals surface area contributed by atoms with E-state index in [0.29, 0.717) is 13.0 Å². The van der Waals surface area contributed by atoms with Crippen molar-refractivity contribution in [3.8, 4) is 0 Å². The third-order valence-electron chi connectivity index (χ3n) is 3.27. The molecular formula is C15H23FN2O. The zero-order valence-electron chi connectivity index (χ0n) is 11.8. The fraction of sp³-hybridized carbons (Fsp3) is 0.600. The lowest BCUT2D eigenvalue weighted by atomic mass is 9.95. The number of benzene rings is 1. The topological polar surface area (TPSA) is 38.5 Å². The van der Waals surface area contributed by atoms with E-state index in [1.165, 1.54) is 0 Å². The zero-order chi connectivity index (χ0) is 13.9. The summed E-state index contributed by atoms with van der Waals surface area (Å²) in [6, 6.07) is 5.48. The van der Waals surface area contributed by atoms with Crippen molar-refractivity contribution in [2.75, 3.05) is 26.3 Å². The van der Waals surface area contributed by atoms with Crippen LogP contribution in [0, 0.1) is 5.82 Å². The van der Waals surface area contributed by atoms with Crippen LogP contribution in [0.25, 0.3) is 0 Å². The van der Waals surface area contributed by atoms with Gasteiger partial charge < -0.3 is 10.5 Å². The lowest BCUT2D eigenvalue weighted by Crippen LogP contribution is -2.36. The number of hydrogen-bond donors (Lipinski definition) is 1. The number of halogens is 1. The van der Waals surface area contributed by atoms with Crippen LogP contribution in [-0.4, -0.2) is 36.7 Å². The standard InChI is InChI=1S/C15H23FN2O/c1-15(2,17)10-12-3-4-13(14(16)9-12)11-18-5-7-19-8-6-18/h3-4,9H,5-8,10-11,17H2,1-2H3. The maximum absolute atomic E-state index is 14.1. The highest BCUT2D eigenvalue weighted by molar-refractivity contribution is 5.25. The zero-order valence-corrected chi connectivity index (χ0v) is 11.8. The molecule has 106 valence electrons. The van der Waals surface area contributed by atoms with Crippen molar-refractivity contribution in [2.45, 2.75) is 32.4 Å². The molecule has 1 fully saturated rings. The first-order valence-electron chi connectivity index (χ1n) is 6.80. The Morgan fingerprint density at radius 3 is 2.58 bits per heavy atom. The average molecular weight is 266 g/mol. The van der Waals surface area contributed by atoms with Gasteiger partial charge in [-0.1, -0.05) is 12.1 Å². The number of rotatable bonds is 4. The first-order valence-corrected chi connectivity index (χ1v) is 6.80. The fourth-order valence-electron chi connectivity index (χ4n) is 2.36. The van der Waals surface area contributed by atoms with Crippen LogP contribution in [0.3, 0.4) is 0 Å². The molecule has 0 aromatic heterocycles. The van der Waals surface area contributed by atoms with Gasteiger partial charge in [-0.2, -0.15) is 0 Å². The van der Waals surface area contributed by atoms with Gasteiger partial charge in [-0.05, 0) is 31.9 Å². The second-order valence-corrected chi connectivity index (χ2v) is 5.98. The van der Waals surface area contributed by atoms with Gasteiger partial charge in [0.25, 0.3) is 0 Å². The van der Waals surface area contributed by atoms with Crippen LogP contribution >= 0.6 is 0 Å². The molecule has 2 N–H and O–H groups in total. The first-order chi connectivity index (χ1) is 8.94. The SMILES string of the molecule is CC(C)(N)Cc1ccc(CN2CCOCC2)c(F)c1. The van der Waals surface area contributed by atoms with Crippen molar-refractivity contribution in [2.24, 2.45) is 5.73 Å². The van der Waals surface area contributed by atoms with Crippen molar-refractivity contribution in [1.82, 2.24) is 4.90 Å². The van der Waals surface area contributed by atoms with Crippen LogP contribution in [0.4, 0.5) is 4.39 Å². The Balaban J connectivity index is 2.02. The molecular weight excluding hydrogens is 243 g/mol. The van der Waals surface area contributed by atoms with Gasteiger partial charge in [-0.15, -0.1) is 0 Å². The predicted octanol–water partition coefficient (Wildman–Crippen LogP) is 1.94. The number of nitrogens with two attached hydrogens (primary N) is 1. The van der Waals surface area contributed by atoms with Crippen LogP contribution in [-0.2, 0) is 17.7 Å². The quantitative estimate of drug-likeness (QED) is 0.905. The number of morpholine rings is 1. The summed E-state index contributed by atoms with van der Waals surface area (Å²) >= 11 is 0. The van der Waals surface area contributed by atoms with Crippen LogP contribution < -0.4 is 5.73 Å². The second-order valence-electron chi connectivity index (χ2n) is 5.98. The van der Waals surface area contributed by atoms with E-state index >= 15 is 0 Å². The summed E-state index contributed by atoms with van der Waals surface area (Å²) in [5, 5.41) is 0. The molecule has 4 heteroatoms. The normalized spacial score (nSPS) is 17.7. The Morgan fingerprint density at radius 1 is 1.32 bits per heavy atom. The Labute approximate surface area is 114 Å². The molecule has 1 aromatic rings. The highest BCUT2D eigenvalue weighted by atomic mass is 19.1. The summed E-state index contributed by atoms with van der Waals surface area (Å²) in [6.45, 7) is 7.77. The molecule has 1 heterocycles. The Morgan fingerprint density at radius 2 is 2.00 bits per heavy atom. The van der Waals surface area contributed by atoms with E-state index in [1.54, 1.807) is 6.07 Å². The summed E-state index contributed by atoms with van der Waals surface area (Å²) in [5.74, 6) is -0.131.